The van der Waals surface area contributed by atoms with Gasteiger partial charge in [0.05, 0.1) is 17.2 Å². The number of rotatable bonds is 8. The summed E-state index contributed by atoms with van der Waals surface area (Å²) in [6.07, 6.45) is 0. The Morgan fingerprint density at radius 3 is 2.29 bits per heavy atom. The largest absolute Gasteiger partial charge is 0.494 e. The molecule has 174 valence electrons. The minimum Gasteiger partial charge on any atom is -0.494 e. The molecule has 1 heterocycles. The van der Waals surface area contributed by atoms with Crippen LogP contribution in [-0.4, -0.2) is 38.2 Å². The van der Waals surface area contributed by atoms with Gasteiger partial charge in [-0.05, 0) is 67.6 Å². The minimum atomic E-state index is -3.78. The van der Waals surface area contributed by atoms with Crippen molar-refractivity contribution in [2.45, 2.75) is 11.8 Å². The van der Waals surface area contributed by atoms with E-state index in [0.29, 0.717) is 17.9 Å². The first-order chi connectivity index (χ1) is 16.4. The third kappa shape index (κ3) is 4.91. The van der Waals surface area contributed by atoms with Crippen LogP contribution >= 0.6 is 0 Å². The molecular weight excluding hydrogens is 456 g/mol. The number of hydrogen-bond acceptors (Lipinski definition) is 7. The van der Waals surface area contributed by atoms with Crippen LogP contribution in [-0.2, 0) is 10.0 Å². The van der Waals surface area contributed by atoms with E-state index >= 15 is 0 Å². The predicted octanol–water partition coefficient (Wildman–Crippen LogP) is 4.21. The van der Waals surface area contributed by atoms with E-state index in [1.165, 1.54) is 35.6 Å². The molecule has 0 aliphatic rings. The van der Waals surface area contributed by atoms with Crippen molar-refractivity contribution in [3.63, 3.8) is 0 Å². The molecule has 4 rings (SSSR count). The van der Waals surface area contributed by atoms with Crippen molar-refractivity contribution in [1.82, 2.24) is 10.2 Å². The lowest BCUT2D eigenvalue weighted by molar-refractivity contribution is 0.102. The van der Waals surface area contributed by atoms with Gasteiger partial charge in [0.25, 0.3) is 15.9 Å². The molecule has 0 radical (unpaired) electrons. The van der Waals surface area contributed by atoms with Crippen molar-refractivity contribution in [3.8, 4) is 17.2 Å². The van der Waals surface area contributed by atoms with Crippen LogP contribution < -0.4 is 14.4 Å². The van der Waals surface area contributed by atoms with E-state index in [2.05, 4.69) is 15.5 Å². The summed E-state index contributed by atoms with van der Waals surface area (Å²) < 4.78 is 37.9. The number of amides is 1. The van der Waals surface area contributed by atoms with Crippen LogP contribution in [0.4, 0.5) is 11.7 Å². The molecule has 0 saturated heterocycles. The molecule has 9 nitrogen and oxygen atoms in total. The molecule has 0 unspecified atom stereocenters. The molecule has 10 heteroatoms. The highest BCUT2D eigenvalue weighted by atomic mass is 32.2. The lowest BCUT2D eigenvalue weighted by Crippen LogP contribution is -2.26. The maximum atomic E-state index is 12.9. The first kappa shape index (κ1) is 23.0. The van der Waals surface area contributed by atoms with Crippen LogP contribution in [0, 0.1) is 0 Å². The van der Waals surface area contributed by atoms with Gasteiger partial charge in [0.15, 0.2) is 0 Å². The summed E-state index contributed by atoms with van der Waals surface area (Å²) in [4.78, 5) is 12.6. The topological polar surface area (TPSA) is 115 Å². The molecule has 0 bridgehead atoms. The first-order valence-electron chi connectivity index (χ1n) is 10.4. The van der Waals surface area contributed by atoms with Gasteiger partial charge >= 0.3 is 6.01 Å². The van der Waals surface area contributed by atoms with Gasteiger partial charge in [0.1, 0.15) is 5.75 Å². The number of carbonyl (C=O) groups is 1. The van der Waals surface area contributed by atoms with Gasteiger partial charge in [-0.2, -0.15) is 0 Å². The molecule has 34 heavy (non-hydrogen) atoms. The Kier molecular flexibility index (Phi) is 6.60. The number of para-hydroxylation sites is 1. The summed E-state index contributed by atoms with van der Waals surface area (Å²) in [6, 6.07) is 21.4. The smallest absolute Gasteiger partial charge is 0.322 e. The lowest BCUT2D eigenvalue weighted by Gasteiger charge is -2.19. The number of nitrogens with zero attached hydrogens (tertiary/aromatic N) is 3. The van der Waals surface area contributed by atoms with Gasteiger partial charge in [0.2, 0.25) is 5.89 Å². The van der Waals surface area contributed by atoms with Gasteiger partial charge in [-0.25, -0.2) is 8.42 Å². The van der Waals surface area contributed by atoms with Crippen LogP contribution in [0.5, 0.6) is 5.75 Å². The molecule has 0 aliphatic heterocycles. The summed E-state index contributed by atoms with van der Waals surface area (Å²) in [5.41, 5.74) is 1.44. The fourth-order valence-electron chi connectivity index (χ4n) is 3.13. The molecule has 3 aromatic carbocycles. The fourth-order valence-corrected chi connectivity index (χ4v) is 4.33. The van der Waals surface area contributed by atoms with E-state index in [0.717, 1.165) is 5.75 Å². The van der Waals surface area contributed by atoms with E-state index in [1.807, 2.05) is 13.0 Å². The summed E-state index contributed by atoms with van der Waals surface area (Å²) in [5.74, 6) is 0.450. The monoisotopic (exact) mass is 478 g/mol. The molecule has 0 saturated carbocycles. The van der Waals surface area contributed by atoms with Gasteiger partial charge in [-0.15, -0.1) is 5.10 Å². The molecule has 0 fully saturated rings. The van der Waals surface area contributed by atoms with Gasteiger partial charge in [-0.1, -0.05) is 23.3 Å². The number of benzene rings is 3. The molecule has 0 atom stereocenters. The molecule has 0 aliphatic carbocycles. The zero-order valence-electron chi connectivity index (χ0n) is 18.5. The van der Waals surface area contributed by atoms with E-state index in [1.54, 1.807) is 48.5 Å². The van der Waals surface area contributed by atoms with E-state index in [4.69, 9.17) is 9.15 Å². The van der Waals surface area contributed by atoms with Crippen LogP contribution in [0.15, 0.2) is 88.2 Å². The number of carbonyl (C=O) groups excluding carboxylic acids is 1. The fraction of sp³-hybridized carbons (Fsp3) is 0.125. The molecule has 1 N–H and O–H groups in total. The van der Waals surface area contributed by atoms with Crippen LogP contribution in [0.1, 0.15) is 17.3 Å². The van der Waals surface area contributed by atoms with Gasteiger partial charge in [0, 0.05) is 18.2 Å². The van der Waals surface area contributed by atoms with Crippen LogP contribution in [0.25, 0.3) is 11.5 Å². The number of anilines is 2. The van der Waals surface area contributed by atoms with Gasteiger partial charge < -0.3 is 9.15 Å². The Bertz CT molecular complexity index is 1370. The minimum absolute atomic E-state index is 0.0611. The second kappa shape index (κ2) is 9.75. The zero-order valence-corrected chi connectivity index (χ0v) is 19.3. The van der Waals surface area contributed by atoms with Crippen molar-refractivity contribution >= 4 is 27.6 Å². The third-order valence-electron chi connectivity index (χ3n) is 4.95. The number of nitrogens with one attached hydrogen (secondary N) is 1. The highest BCUT2D eigenvalue weighted by Crippen LogP contribution is 2.24. The maximum absolute atomic E-state index is 12.9. The number of sulfonamides is 1. The van der Waals surface area contributed by atoms with Gasteiger partial charge in [-0.3, -0.25) is 14.4 Å². The van der Waals surface area contributed by atoms with E-state index < -0.39 is 15.9 Å². The lowest BCUT2D eigenvalue weighted by atomic mass is 10.2. The first-order valence-corrected chi connectivity index (χ1v) is 11.8. The second-order valence-electron chi connectivity index (χ2n) is 7.16. The summed E-state index contributed by atoms with van der Waals surface area (Å²) in [5, 5.41) is 10.3. The Balaban J connectivity index is 1.44. The highest BCUT2D eigenvalue weighted by Gasteiger charge is 2.22. The SMILES string of the molecule is CCOc1ccc(-c2nnc(NC(=O)c3ccc(S(=O)(=O)N(C)c4ccccc4)cc3)o2)cc1. The predicted molar refractivity (Wildman–Crippen MR) is 127 cm³/mol. The number of ether oxygens (including phenoxy) is 1. The molecule has 0 spiro atoms. The molecular formula is C24H22N4O5S. The maximum Gasteiger partial charge on any atom is 0.322 e. The van der Waals surface area contributed by atoms with Crippen LogP contribution in [0.2, 0.25) is 0 Å². The second-order valence-corrected chi connectivity index (χ2v) is 9.13. The quantitative estimate of drug-likeness (QED) is 0.403. The van der Waals surface area contributed by atoms with E-state index in [9.17, 15) is 13.2 Å². The van der Waals surface area contributed by atoms with Crippen molar-refractivity contribution in [3.05, 3.63) is 84.4 Å². The highest BCUT2D eigenvalue weighted by molar-refractivity contribution is 7.92. The van der Waals surface area contributed by atoms with E-state index in [-0.39, 0.29) is 22.4 Å². The Morgan fingerprint density at radius 2 is 1.65 bits per heavy atom. The summed E-state index contributed by atoms with van der Waals surface area (Å²) in [6.45, 7) is 2.46. The summed E-state index contributed by atoms with van der Waals surface area (Å²) >= 11 is 0. The Labute approximate surface area is 197 Å². The Morgan fingerprint density at radius 1 is 0.971 bits per heavy atom. The number of hydrogen-bond donors (Lipinski definition) is 1. The van der Waals surface area contributed by atoms with Crippen LogP contribution in [0.3, 0.4) is 0 Å². The molecule has 1 amide bonds. The third-order valence-corrected chi connectivity index (χ3v) is 6.75. The normalized spacial score (nSPS) is 11.1. The standard InChI is InChI=1S/C24H22N4O5S/c1-3-32-20-13-9-18(10-14-20)23-26-27-24(33-23)25-22(29)17-11-15-21(16-12-17)34(30,31)28(2)19-7-5-4-6-8-19/h4-16H,3H2,1-2H3,(H,25,27,29). The van der Waals surface area contributed by atoms with Crippen molar-refractivity contribution in [1.29, 1.82) is 0 Å². The summed E-state index contributed by atoms with van der Waals surface area (Å²) in [7, 11) is -2.30. The van der Waals surface area contributed by atoms with Crippen molar-refractivity contribution < 1.29 is 22.4 Å². The zero-order chi connectivity index (χ0) is 24.1. The average Bonchev–Trinajstić information content (AvgIpc) is 3.33. The average molecular weight is 479 g/mol. The molecule has 1 aromatic heterocycles. The molecule has 4 aromatic rings. The Hall–Kier alpha value is -4.18. The van der Waals surface area contributed by atoms with Crippen molar-refractivity contribution in [2.75, 3.05) is 23.3 Å². The number of aromatic nitrogens is 2. The van der Waals surface area contributed by atoms with Crippen molar-refractivity contribution in [2.24, 2.45) is 0 Å².